The number of carbonyl (C=O) groups is 4. The van der Waals surface area contributed by atoms with Crippen molar-refractivity contribution in [3.05, 3.63) is 0 Å². The second-order valence-electron chi connectivity index (χ2n) is 5.32. The molecule has 1 aliphatic heterocycles. The second kappa shape index (κ2) is 6.11. The van der Waals surface area contributed by atoms with Crippen LogP contribution in [0.25, 0.3) is 0 Å². The van der Waals surface area contributed by atoms with E-state index >= 15 is 0 Å². The molecular weight excluding hydrogens is 278 g/mol. The van der Waals surface area contributed by atoms with Crippen LogP contribution in [0, 0.1) is 0 Å². The first-order valence-corrected chi connectivity index (χ1v) is 7.06. The van der Waals surface area contributed by atoms with Crippen LogP contribution in [0.15, 0.2) is 0 Å². The molecule has 21 heavy (non-hydrogen) atoms. The van der Waals surface area contributed by atoms with Crippen LogP contribution in [0.2, 0.25) is 0 Å². The minimum absolute atomic E-state index is 0.0226. The molecule has 116 valence electrons. The maximum absolute atomic E-state index is 12.6. The number of nitrogens with zero attached hydrogens (tertiary/aromatic N) is 2. The van der Waals surface area contributed by atoms with Gasteiger partial charge in [0.25, 0.3) is 0 Å². The number of rotatable bonds is 5. The van der Waals surface area contributed by atoms with Crippen LogP contribution in [0.3, 0.4) is 0 Å². The fourth-order valence-corrected chi connectivity index (χ4v) is 2.48. The van der Waals surface area contributed by atoms with Crippen molar-refractivity contribution in [2.75, 3.05) is 13.1 Å². The molecule has 2 rings (SSSR count). The maximum atomic E-state index is 12.6. The predicted molar refractivity (Wildman–Crippen MR) is 71.3 cm³/mol. The van der Waals surface area contributed by atoms with Crippen molar-refractivity contribution >= 4 is 23.8 Å². The lowest BCUT2D eigenvalue weighted by Gasteiger charge is -2.37. The molecule has 1 aliphatic carbocycles. The van der Waals surface area contributed by atoms with Crippen molar-refractivity contribution < 1.29 is 24.3 Å². The zero-order valence-corrected chi connectivity index (χ0v) is 11.9. The lowest BCUT2D eigenvalue weighted by molar-refractivity contribution is -0.140. The third-order valence-corrected chi connectivity index (χ3v) is 3.69. The standard InChI is InChI=1S/C13H19N3O5/c1-2-9-12(20)14-10(17)7-16(9)13(21)15(8-3-4-8)6-5-11(18)19/h8-9H,2-7H2,1H3,(H,18,19)(H,14,17,20). The van der Waals surface area contributed by atoms with Crippen LogP contribution < -0.4 is 5.32 Å². The average Bonchev–Trinajstić information content (AvgIpc) is 3.22. The van der Waals surface area contributed by atoms with E-state index in [1.807, 2.05) is 0 Å². The van der Waals surface area contributed by atoms with Gasteiger partial charge in [-0.25, -0.2) is 4.79 Å². The summed E-state index contributed by atoms with van der Waals surface area (Å²) in [6.45, 7) is 1.69. The third-order valence-electron chi connectivity index (χ3n) is 3.69. The van der Waals surface area contributed by atoms with Gasteiger partial charge in [-0.2, -0.15) is 0 Å². The van der Waals surface area contributed by atoms with Gasteiger partial charge in [0, 0.05) is 12.6 Å². The quantitative estimate of drug-likeness (QED) is 0.682. The average molecular weight is 297 g/mol. The Labute approximate surface area is 122 Å². The molecule has 1 saturated heterocycles. The Balaban J connectivity index is 2.11. The normalized spacial score (nSPS) is 22.0. The van der Waals surface area contributed by atoms with Gasteiger partial charge in [-0.15, -0.1) is 0 Å². The molecule has 0 aromatic heterocycles. The van der Waals surface area contributed by atoms with Crippen molar-refractivity contribution in [3.8, 4) is 0 Å². The largest absolute Gasteiger partial charge is 0.481 e. The van der Waals surface area contributed by atoms with Gasteiger partial charge in [-0.1, -0.05) is 6.92 Å². The molecule has 8 nitrogen and oxygen atoms in total. The van der Waals surface area contributed by atoms with Crippen molar-refractivity contribution in [2.24, 2.45) is 0 Å². The lowest BCUT2D eigenvalue weighted by Crippen LogP contribution is -2.62. The minimum Gasteiger partial charge on any atom is -0.481 e. The van der Waals surface area contributed by atoms with Gasteiger partial charge in [0.15, 0.2) is 0 Å². The van der Waals surface area contributed by atoms with Crippen molar-refractivity contribution in [2.45, 2.75) is 44.7 Å². The van der Waals surface area contributed by atoms with E-state index in [1.165, 1.54) is 9.80 Å². The molecule has 1 saturated carbocycles. The SMILES string of the molecule is CCC1C(=O)NC(=O)CN1C(=O)N(CCC(=O)O)C1CC1. The molecule has 0 bridgehead atoms. The monoisotopic (exact) mass is 297 g/mol. The summed E-state index contributed by atoms with van der Waals surface area (Å²) >= 11 is 0. The number of carbonyl (C=O) groups excluding carboxylic acids is 3. The van der Waals surface area contributed by atoms with E-state index in [0.29, 0.717) is 6.42 Å². The minimum atomic E-state index is -0.979. The highest BCUT2D eigenvalue weighted by atomic mass is 16.4. The fourth-order valence-electron chi connectivity index (χ4n) is 2.48. The summed E-state index contributed by atoms with van der Waals surface area (Å²) in [5.41, 5.74) is 0. The Morgan fingerprint density at radius 3 is 2.57 bits per heavy atom. The zero-order chi connectivity index (χ0) is 15.6. The van der Waals surface area contributed by atoms with E-state index in [0.717, 1.165) is 12.8 Å². The molecule has 2 N–H and O–H groups in total. The molecule has 4 amide bonds. The first kappa shape index (κ1) is 15.3. The molecular formula is C13H19N3O5. The highest BCUT2D eigenvalue weighted by Crippen LogP contribution is 2.29. The van der Waals surface area contributed by atoms with Crippen LogP contribution in [0.1, 0.15) is 32.6 Å². The molecule has 2 aliphatic rings. The van der Waals surface area contributed by atoms with Gasteiger partial charge in [0.05, 0.1) is 6.42 Å². The molecule has 1 heterocycles. The van der Waals surface area contributed by atoms with Crippen molar-refractivity contribution in [3.63, 3.8) is 0 Å². The molecule has 0 radical (unpaired) electrons. The van der Waals surface area contributed by atoms with Gasteiger partial charge in [0.2, 0.25) is 11.8 Å². The molecule has 8 heteroatoms. The molecule has 0 aromatic carbocycles. The molecule has 2 fully saturated rings. The number of nitrogens with one attached hydrogen (secondary N) is 1. The van der Waals surface area contributed by atoms with E-state index in [9.17, 15) is 19.2 Å². The number of amides is 4. The summed E-state index contributed by atoms with van der Waals surface area (Å²) in [5, 5.41) is 11.0. The Morgan fingerprint density at radius 2 is 2.05 bits per heavy atom. The first-order valence-electron chi connectivity index (χ1n) is 7.06. The van der Waals surface area contributed by atoms with Gasteiger partial charge >= 0.3 is 12.0 Å². The summed E-state index contributed by atoms with van der Waals surface area (Å²) < 4.78 is 0. The van der Waals surface area contributed by atoms with Gasteiger partial charge in [-0.05, 0) is 19.3 Å². The van der Waals surface area contributed by atoms with Crippen molar-refractivity contribution in [1.82, 2.24) is 15.1 Å². The van der Waals surface area contributed by atoms with E-state index in [2.05, 4.69) is 5.32 Å². The van der Waals surface area contributed by atoms with E-state index in [4.69, 9.17) is 5.11 Å². The van der Waals surface area contributed by atoms with Crippen LogP contribution >= 0.6 is 0 Å². The Kier molecular flexibility index (Phi) is 4.44. The smallest absolute Gasteiger partial charge is 0.321 e. The summed E-state index contributed by atoms with van der Waals surface area (Å²) in [6.07, 6.45) is 1.92. The van der Waals surface area contributed by atoms with Crippen LogP contribution in [-0.4, -0.2) is 63.9 Å². The summed E-state index contributed by atoms with van der Waals surface area (Å²) in [6, 6.07) is -1.08. The third kappa shape index (κ3) is 3.50. The predicted octanol–water partition coefficient (Wildman–Crippen LogP) is -0.217. The summed E-state index contributed by atoms with van der Waals surface area (Å²) in [7, 11) is 0. The number of imide groups is 1. The Bertz CT molecular complexity index is 474. The first-order chi connectivity index (χ1) is 9.93. The van der Waals surface area contributed by atoms with Gasteiger partial charge < -0.3 is 14.9 Å². The molecule has 0 aromatic rings. The Morgan fingerprint density at radius 1 is 1.38 bits per heavy atom. The van der Waals surface area contributed by atoms with Crippen LogP contribution in [0.5, 0.6) is 0 Å². The summed E-state index contributed by atoms with van der Waals surface area (Å²) in [4.78, 5) is 49.3. The topological polar surface area (TPSA) is 107 Å². The van der Waals surface area contributed by atoms with E-state index in [-0.39, 0.29) is 25.6 Å². The van der Waals surface area contributed by atoms with Crippen LogP contribution in [-0.2, 0) is 14.4 Å². The maximum Gasteiger partial charge on any atom is 0.321 e. The molecule has 1 unspecified atom stereocenters. The highest BCUT2D eigenvalue weighted by Gasteiger charge is 2.41. The number of aliphatic carboxylic acids is 1. The lowest BCUT2D eigenvalue weighted by atomic mass is 10.1. The zero-order valence-electron chi connectivity index (χ0n) is 11.9. The van der Waals surface area contributed by atoms with E-state index in [1.54, 1.807) is 6.92 Å². The molecule has 1 atom stereocenters. The number of hydrogen-bond acceptors (Lipinski definition) is 4. The van der Waals surface area contributed by atoms with Crippen LogP contribution in [0.4, 0.5) is 4.79 Å². The summed E-state index contributed by atoms with van der Waals surface area (Å²) in [5.74, 6) is -1.96. The number of carboxylic acid groups (broad SMARTS) is 1. The number of hydrogen-bond donors (Lipinski definition) is 2. The fraction of sp³-hybridized carbons (Fsp3) is 0.692. The van der Waals surface area contributed by atoms with Gasteiger partial charge in [-0.3, -0.25) is 19.7 Å². The van der Waals surface area contributed by atoms with Gasteiger partial charge in [0.1, 0.15) is 12.6 Å². The number of carboxylic acids is 1. The number of urea groups is 1. The Hall–Kier alpha value is -2.12. The van der Waals surface area contributed by atoms with Crippen molar-refractivity contribution in [1.29, 1.82) is 0 Å². The number of piperazine rings is 1. The van der Waals surface area contributed by atoms with E-state index < -0.39 is 29.9 Å². The highest BCUT2D eigenvalue weighted by molar-refractivity contribution is 6.04. The second-order valence-corrected chi connectivity index (χ2v) is 5.32. The molecule has 0 spiro atoms.